The zero-order valence-electron chi connectivity index (χ0n) is 10.1. The molecule has 5 nitrogen and oxygen atoms in total. The maximum absolute atomic E-state index is 10.4. The largest absolute Gasteiger partial charge is 0.481 e. The van der Waals surface area contributed by atoms with Crippen molar-refractivity contribution < 1.29 is 9.90 Å². The van der Waals surface area contributed by atoms with Crippen LogP contribution in [0, 0.1) is 6.92 Å². The van der Waals surface area contributed by atoms with Crippen LogP contribution in [0.4, 0.5) is 0 Å². The highest BCUT2D eigenvalue weighted by molar-refractivity contribution is 9.10. The number of aliphatic carboxylic acids is 1. The second-order valence-electron chi connectivity index (χ2n) is 4.16. The number of aromatic nitrogens is 3. The number of halogens is 1. The lowest BCUT2D eigenvalue weighted by Crippen LogP contribution is -2.03. The summed E-state index contributed by atoms with van der Waals surface area (Å²) in [4.78, 5) is 19.2. The summed E-state index contributed by atoms with van der Waals surface area (Å²) in [6.07, 6.45) is 3.45. The highest BCUT2D eigenvalue weighted by Crippen LogP contribution is 2.18. The smallest absolute Gasteiger partial charge is 0.303 e. The van der Waals surface area contributed by atoms with Gasteiger partial charge in [-0.25, -0.2) is 9.97 Å². The van der Waals surface area contributed by atoms with Gasteiger partial charge in [0.2, 0.25) is 0 Å². The van der Waals surface area contributed by atoms with E-state index in [-0.39, 0.29) is 6.42 Å². The van der Waals surface area contributed by atoms with E-state index in [0.717, 1.165) is 34.4 Å². The van der Waals surface area contributed by atoms with Gasteiger partial charge in [0.25, 0.3) is 0 Å². The summed E-state index contributed by atoms with van der Waals surface area (Å²) in [5.41, 5.74) is 1.71. The zero-order valence-corrected chi connectivity index (χ0v) is 11.6. The molecular weight excluding hydrogens is 298 g/mol. The molecule has 0 aliphatic heterocycles. The third kappa shape index (κ3) is 2.87. The van der Waals surface area contributed by atoms with E-state index in [2.05, 4.69) is 25.9 Å². The van der Waals surface area contributed by atoms with Crippen LogP contribution in [0.5, 0.6) is 0 Å². The Morgan fingerprint density at radius 1 is 1.50 bits per heavy atom. The molecule has 0 unspecified atom stereocenters. The standard InChI is InChI=1S/C12H14BrN3O2/c1-8-15-10-6-9(13)7-14-12(10)16(8)5-3-2-4-11(17)18/h6-7H,2-5H2,1H3,(H,17,18). The zero-order chi connectivity index (χ0) is 13.1. The minimum absolute atomic E-state index is 0.213. The molecule has 0 aliphatic rings. The van der Waals surface area contributed by atoms with Gasteiger partial charge in [-0.2, -0.15) is 0 Å². The van der Waals surface area contributed by atoms with Crippen molar-refractivity contribution >= 4 is 33.1 Å². The van der Waals surface area contributed by atoms with Crippen molar-refractivity contribution in [1.82, 2.24) is 14.5 Å². The molecule has 2 aromatic rings. The summed E-state index contributed by atoms with van der Waals surface area (Å²) in [7, 11) is 0. The van der Waals surface area contributed by atoms with Crippen molar-refractivity contribution in [3.8, 4) is 0 Å². The SMILES string of the molecule is Cc1nc2cc(Br)cnc2n1CCCCC(=O)O. The van der Waals surface area contributed by atoms with E-state index in [4.69, 9.17) is 5.11 Å². The first-order valence-electron chi connectivity index (χ1n) is 5.78. The first-order valence-corrected chi connectivity index (χ1v) is 6.57. The number of aryl methyl sites for hydroxylation is 2. The second-order valence-corrected chi connectivity index (χ2v) is 5.07. The van der Waals surface area contributed by atoms with E-state index in [1.807, 2.05) is 17.6 Å². The van der Waals surface area contributed by atoms with Gasteiger partial charge in [-0.05, 0) is 41.8 Å². The van der Waals surface area contributed by atoms with Gasteiger partial charge >= 0.3 is 5.97 Å². The Morgan fingerprint density at radius 3 is 3.00 bits per heavy atom. The Labute approximate surface area is 113 Å². The highest BCUT2D eigenvalue weighted by Gasteiger charge is 2.08. The number of carbonyl (C=O) groups is 1. The van der Waals surface area contributed by atoms with Crippen LogP contribution < -0.4 is 0 Å². The average Bonchev–Trinajstić information content (AvgIpc) is 2.59. The summed E-state index contributed by atoms with van der Waals surface area (Å²) in [6, 6.07) is 1.93. The van der Waals surface area contributed by atoms with Gasteiger partial charge in [-0.1, -0.05) is 0 Å². The van der Waals surface area contributed by atoms with E-state index in [1.165, 1.54) is 0 Å². The Morgan fingerprint density at radius 2 is 2.28 bits per heavy atom. The predicted octanol–water partition coefficient (Wildman–Crippen LogP) is 2.76. The Balaban J connectivity index is 2.12. The van der Waals surface area contributed by atoms with E-state index < -0.39 is 5.97 Å². The van der Waals surface area contributed by atoms with E-state index in [1.54, 1.807) is 6.20 Å². The molecule has 0 saturated heterocycles. The summed E-state index contributed by atoms with van der Waals surface area (Å²) in [5.74, 6) is 0.162. The first-order chi connectivity index (χ1) is 8.58. The van der Waals surface area contributed by atoms with Crippen LogP contribution in [0.3, 0.4) is 0 Å². The van der Waals surface area contributed by atoms with Crippen molar-refractivity contribution in [3.63, 3.8) is 0 Å². The molecule has 2 heterocycles. The summed E-state index contributed by atoms with van der Waals surface area (Å²) in [6.45, 7) is 2.69. The maximum Gasteiger partial charge on any atom is 0.303 e. The molecule has 0 aliphatic carbocycles. The van der Waals surface area contributed by atoms with Crippen molar-refractivity contribution in [2.75, 3.05) is 0 Å². The van der Waals surface area contributed by atoms with Crippen molar-refractivity contribution in [3.05, 3.63) is 22.6 Å². The minimum atomic E-state index is -0.746. The lowest BCUT2D eigenvalue weighted by Gasteiger charge is -2.05. The summed E-state index contributed by atoms with van der Waals surface area (Å²) >= 11 is 3.37. The second kappa shape index (κ2) is 5.48. The van der Waals surface area contributed by atoms with Gasteiger partial charge in [0.1, 0.15) is 11.3 Å². The number of rotatable bonds is 5. The number of imidazole rings is 1. The van der Waals surface area contributed by atoms with Gasteiger partial charge in [0, 0.05) is 23.6 Å². The highest BCUT2D eigenvalue weighted by atomic mass is 79.9. The molecule has 0 fully saturated rings. The van der Waals surface area contributed by atoms with E-state index >= 15 is 0 Å². The number of fused-ring (bicyclic) bond motifs is 1. The molecule has 2 aromatic heterocycles. The fraction of sp³-hybridized carbons (Fsp3) is 0.417. The van der Waals surface area contributed by atoms with Crippen molar-refractivity contribution in [1.29, 1.82) is 0 Å². The molecule has 1 N–H and O–H groups in total. The molecule has 6 heteroatoms. The Kier molecular flexibility index (Phi) is 3.96. The average molecular weight is 312 g/mol. The van der Waals surface area contributed by atoms with Gasteiger partial charge in [-0.3, -0.25) is 4.79 Å². The number of carboxylic acids is 1. The monoisotopic (exact) mass is 311 g/mol. The van der Waals surface area contributed by atoms with Crippen LogP contribution in [0.1, 0.15) is 25.1 Å². The van der Waals surface area contributed by atoms with Crippen LogP contribution >= 0.6 is 15.9 Å². The third-order valence-corrected chi connectivity index (χ3v) is 3.20. The molecule has 96 valence electrons. The molecule has 2 rings (SSSR count). The molecule has 0 amide bonds. The number of hydrogen-bond donors (Lipinski definition) is 1. The van der Waals surface area contributed by atoms with Crippen LogP contribution in [0.2, 0.25) is 0 Å². The van der Waals surface area contributed by atoms with Gasteiger partial charge in [0.05, 0.1) is 0 Å². The molecule has 0 bridgehead atoms. The van der Waals surface area contributed by atoms with E-state index in [9.17, 15) is 4.79 Å². The van der Waals surface area contributed by atoms with Crippen molar-refractivity contribution in [2.45, 2.75) is 32.7 Å². The molecule has 0 saturated carbocycles. The van der Waals surface area contributed by atoms with Gasteiger partial charge in [-0.15, -0.1) is 0 Å². The van der Waals surface area contributed by atoms with Crippen LogP contribution in [0.25, 0.3) is 11.2 Å². The summed E-state index contributed by atoms with van der Waals surface area (Å²) < 4.78 is 2.94. The maximum atomic E-state index is 10.4. The molecule has 0 radical (unpaired) electrons. The fourth-order valence-electron chi connectivity index (χ4n) is 1.91. The Hall–Kier alpha value is -1.43. The normalized spacial score (nSPS) is 11.0. The van der Waals surface area contributed by atoms with Gasteiger partial charge in [0.15, 0.2) is 5.65 Å². The molecular formula is C12H14BrN3O2. The Bertz CT molecular complexity index is 580. The number of unbranched alkanes of at least 4 members (excludes halogenated alkanes) is 1. The quantitative estimate of drug-likeness (QED) is 0.862. The lowest BCUT2D eigenvalue weighted by atomic mass is 10.2. The number of pyridine rings is 1. The fourth-order valence-corrected chi connectivity index (χ4v) is 2.23. The van der Waals surface area contributed by atoms with E-state index in [0.29, 0.717) is 6.42 Å². The summed E-state index contributed by atoms with van der Waals surface area (Å²) in [5, 5.41) is 8.59. The third-order valence-electron chi connectivity index (χ3n) is 2.76. The van der Waals surface area contributed by atoms with Crippen LogP contribution in [-0.4, -0.2) is 25.6 Å². The lowest BCUT2D eigenvalue weighted by molar-refractivity contribution is -0.137. The number of hydrogen-bond acceptors (Lipinski definition) is 3. The van der Waals surface area contributed by atoms with Crippen LogP contribution in [0.15, 0.2) is 16.7 Å². The topological polar surface area (TPSA) is 68.0 Å². The number of carboxylic acid groups (broad SMARTS) is 1. The van der Waals surface area contributed by atoms with Crippen LogP contribution in [-0.2, 0) is 11.3 Å². The first kappa shape index (κ1) is 13.0. The minimum Gasteiger partial charge on any atom is -0.481 e. The molecule has 18 heavy (non-hydrogen) atoms. The molecule has 0 aromatic carbocycles. The molecule has 0 atom stereocenters. The molecule has 0 spiro atoms. The van der Waals surface area contributed by atoms with Crippen molar-refractivity contribution in [2.24, 2.45) is 0 Å². The van der Waals surface area contributed by atoms with Gasteiger partial charge < -0.3 is 9.67 Å². The number of nitrogens with zero attached hydrogens (tertiary/aromatic N) is 3. The predicted molar refractivity (Wildman–Crippen MR) is 71.5 cm³/mol.